The molecule has 1 saturated carbocycles. The Morgan fingerprint density at radius 3 is 2.17 bits per heavy atom. The van der Waals surface area contributed by atoms with Crippen molar-refractivity contribution in [2.24, 2.45) is 0 Å². The zero-order chi connectivity index (χ0) is 30.3. The predicted molar refractivity (Wildman–Crippen MR) is 165 cm³/mol. The van der Waals surface area contributed by atoms with E-state index in [4.69, 9.17) is 0 Å². The summed E-state index contributed by atoms with van der Waals surface area (Å²) in [6, 6.07) is 21.2. The molecule has 42 heavy (non-hydrogen) atoms. The number of hydrogen-bond acceptors (Lipinski definition) is 4. The Bertz CT molecular complexity index is 1470. The third kappa shape index (κ3) is 7.96. The summed E-state index contributed by atoms with van der Waals surface area (Å²) in [7, 11) is -1.63. The highest BCUT2D eigenvalue weighted by Gasteiger charge is 2.36. The third-order valence-corrected chi connectivity index (χ3v) is 9.71. The van der Waals surface area contributed by atoms with Gasteiger partial charge in [0, 0.05) is 37.6 Å². The van der Waals surface area contributed by atoms with Crippen LogP contribution in [0.4, 0.5) is 10.1 Å². The number of nitrogens with one attached hydrogen (secondary N) is 1. The first-order valence-corrected chi connectivity index (χ1v) is 16.1. The van der Waals surface area contributed by atoms with Crippen molar-refractivity contribution in [1.82, 2.24) is 14.5 Å². The fraction of sp³-hybridized carbons (Fsp3) is 0.355. The summed E-state index contributed by atoms with van der Waals surface area (Å²) < 4.78 is 44.3. The molecular formula is C31H36BrFN4O4S. The second kappa shape index (κ2) is 14.3. The van der Waals surface area contributed by atoms with Gasteiger partial charge in [-0.2, -0.15) is 12.7 Å². The lowest BCUT2D eigenvalue weighted by Gasteiger charge is -2.35. The normalized spacial score (nSPS) is 14.5. The Morgan fingerprint density at radius 2 is 1.55 bits per heavy atom. The summed E-state index contributed by atoms with van der Waals surface area (Å²) in [5.74, 6) is -1.71. The number of carbonyl (C=O) groups excluding carboxylic acids is 2. The van der Waals surface area contributed by atoms with Crippen LogP contribution in [0.2, 0.25) is 0 Å². The highest BCUT2D eigenvalue weighted by atomic mass is 79.9. The first kappa shape index (κ1) is 31.7. The van der Waals surface area contributed by atoms with Crippen LogP contribution in [0.5, 0.6) is 0 Å². The minimum Gasteiger partial charge on any atom is -0.352 e. The van der Waals surface area contributed by atoms with Crippen molar-refractivity contribution in [3.05, 3.63) is 100 Å². The fourth-order valence-corrected chi connectivity index (χ4v) is 6.39. The van der Waals surface area contributed by atoms with E-state index < -0.39 is 34.5 Å². The summed E-state index contributed by atoms with van der Waals surface area (Å²) >= 11 is 3.43. The largest absolute Gasteiger partial charge is 0.352 e. The topological polar surface area (TPSA) is 90.0 Å². The first-order valence-electron chi connectivity index (χ1n) is 13.9. The average Bonchev–Trinajstić information content (AvgIpc) is 3.48. The molecule has 2 amide bonds. The van der Waals surface area contributed by atoms with Crippen LogP contribution in [-0.2, 0) is 32.8 Å². The second-order valence-electron chi connectivity index (χ2n) is 10.6. The molecule has 4 rings (SSSR count). The monoisotopic (exact) mass is 658 g/mol. The van der Waals surface area contributed by atoms with Crippen molar-refractivity contribution in [2.45, 2.75) is 50.7 Å². The number of amides is 2. The molecule has 8 nitrogen and oxygen atoms in total. The summed E-state index contributed by atoms with van der Waals surface area (Å²) in [5, 5.41) is 3.13. The molecule has 0 heterocycles. The van der Waals surface area contributed by atoms with Gasteiger partial charge in [0.15, 0.2) is 0 Å². The van der Waals surface area contributed by atoms with Crippen LogP contribution >= 0.6 is 15.9 Å². The molecule has 0 saturated heterocycles. The molecule has 3 aromatic rings. The van der Waals surface area contributed by atoms with Gasteiger partial charge < -0.3 is 10.2 Å². The van der Waals surface area contributed by atoms with Gasteiger partial charge in [0.05, 0.1) is 5.69 Å². The summed E-state index contributed by atoms with van der Waals surface area (Å²) in [4.78, 5) is 29.6. The van der Waals surface area contributed by atoms with E-state index in [9.17, 15) is 22.4 Å². The van der Waals surface area contributed by atoms with Crippen molar-refractivity contribution in [1.29, 1.82) is 0 Å². The van der Waals surface area contributed by atoms with Crippen molar-refractivity contribution in [3.8, 4) is 0 Å². The maximum absolute atomic E-state index is 15.0. The zero-order valence-corrected chi connectivity index (χ0v) is 26.2. The van der Waals surface area contributed by atoms with E-state index in [2.05, 4.69) is 21.2 Å². The standard InChI is InChI=1S/C31H36BrFN4O4S/c1-35(2)42(40,41)37(28-15-9-8-14-27(28)33)22-30(38)36(21-24-16-18-25(32)19-17-24)29(20-23-10-4-3-5-11-23)31(39)34-26-12-6-7-13-26/h3-5,8-11,14-19,26,29H,6-7,12-13,20-22H2,1-2H3,(H,34,39)/t29-/m1/s1. The minimum absolute atomic E-state index is 0.0180. The maximum Gasteiger partial charge on any atom is 0.304 e. The van der Waals surface area contributed by atoms with Gasteiger partial charge >= 0.3 is 10.2 Å². The van der Waals surface area contributed by atoms with Gasteiger partial charge in [0.25, 0.3) is 0 Å². The molecule has 0 radical (unpaired) electrons. The van der Waals surface area contributed by atoms with Crippen LogP contribution < -0.4 is 9.62 Å². The Labute approximate surface area is 255 Å². The molecule has 1 N–H and O–H groups in total. The van der Waals surface area contributed by atoms with Crippen LogP contribution in [-0.4, -0.2) is 62.2 Å². The van der Waals surface area contributed by atoms with Gasteiger partial charge in [-0.3, -0.25) is 9.59 Å². The summed E-state index contributed by atoms with van der Waals surface area (Å²) in [6.45, 7) is -0.644. The number of carbonyl (C=O) groups is 2. The molecule has 0 aliphatic heterocycles. The SMILES string of the molecule is CN(C)S(=O)(=O)N(CC(=O)N(Cc1ccc(Br)cc1)[C@H](Cc1ccccc1)C(=O)NC1CCCC1)c1ccccc1F. The second-order valence-corrected chi connectivity index (χ2v) is 13.6. The zero-order valence-electron chi connectivity index (χ0n) is 23.7. The third-order valence-electron chi connectivity index (χ3n) is 7.38. The smallest absolute Gasteiger partial charge is 0.304 e. The molecule has 1 fully saturated rings. The number of halogens is 2. The molecule has 1 aliphatic carbocycles. The molecule has 0 bridgehead atoms. The van der Waals surface area contributed by atoms with E-state index in [1.54, 1.807) is 0 Å². The number of benzene rings is 3. The highest BCUT2D eigenvalue weighted by Crippen LogP contribution is 2.25. The first-order chi connectivity index (χ1) is 20.1. The molecule has 0 unspecified atom stereocenters. The van der Waals surface area contributed by atoms with Gasteiger partial charge in [-0.15, -0.1) is 0 Å². The number of rotatable bonds is 12. The van der Waals surface area contributed by atoms with Gasteiger partial charge in [0.2, 0.25) is 11.8 Å². The number of para-hydroxylation sites is 1. The van der Waals surface area contributed by atoms with Gasteiger partial charge in [-0.25, -0.2) is 8.70 Å². The van der Waals surface area contributed by atoms with Crippen LogP contribution in [0.15, 0.2) is 83.3 Å². The van der Waals surface area contributed by atoms with E-state index >= 15 is 0 Å². The Balaban J connectivity index is 1.76. The number of anilines is 1. The molecule has 1 aliphatic rings. The molecule has 1 atom stereocenters. The van der Waals surface area contributed by atoms with Crippen LogP contribution in [0.1, 0.15) is 36.8 Å². The Hall–Kier alpha value is -3.28. The van der Waals surface area contributed by atoms with E-state index in [0.717, 1.165) is 56.0 Å². The van der Waals surface area contributed by atoms with Crippen LogP contribution in [0, 0.1) is 5.82 Å². The minimum atomic E-state index is -4.27. The molecule has 0 aromatic heterocycles. The Morgan fingerprint density at radius 1 is 0.929 bits per heavy atom. The van der Waals surface area contributed by atoms with E-state index in [1.807, 2.05) is 54.6 Å². The van der Waals surface area contributed by atoms with Crippen molar-refractivity contribution in [3.63, 3.8) is 0 Å². The van der Waals surface area contributed by atoms with Crippen molar-refractivity contribution < 1.29 is 22.4 Å². The highest BCUT2D eigenvalue weighted by molar-refractivity contribution is 9.10. The molecular weight excluding hydrogens is 623 g/mol. The van der Waals surface area contributed by atoms with E-state index in [0.29, 0.717) is 0 Å². The number of nitrogens with zero attached hydrogens (tertiary/aromatic N) is 3. The van der Waals surface area contributed by atoms with E-state index in [1.165, 1.54) is 37.2 Å². The quantitative estimate of drug-likeness (QED) is 0.300. The molecule has 224 valence electrons. The molecule has 11 heteroatoms. The average molecular weight is 660 g/mol. The predicted octanol–water partition coefficient (Wildman–Crippen LogP) is 4.90. The van der Waals surface area contributed by atoms with Crippen molar-refractivity contribution >= 4 is 43.6 Å². The summed E-state index contributed by atoms with van der Waals surface area (Å²) in [6.07, 6.45) is 4.01. The van der Waals surface area contributed by atoms with Gasteiger partial charge in [-0.05, 0) is 48.2 Å². The van der Waals surface area contributed by atoms with Gasteiger partial charge in [-0.1, -0.05) is 83.4 Å². The van der Waals surface area contributed by atoms with Crippen molar-refractivity contribution in [2.75, 3.05) is 24.9 Å². The molecule has 0 spiro atoms. The molecule has 3 aromatic carbocycles. The van der Waals surface area contributed by atoms with Crippen LogP contribution in [0.25, 0.3) is 0 Å². The number of hydrogen-bond donors (Lipinski definition) is 1. The maximum atomic E-state index is 15.0. The van der Waals surface area contributed by atoms with Crippen LogP contribution in [0.3, 0.4) is 0 Å². The summed E-state index contributed by atoms with van der Waals surface area (Å²) in [5.41, 5.74) is 1.36. The fourth-order valence-electron chi connectivity index (χ4n) is 5.06. The van der Waals surface area contributed by atoms with Gasteiger partial charge in [0.1, 0.15) is 18.4 Å². The Kier molecular flexibility index (Phi) is 10.7. The lowest BCUT2D eigenvalue weighted by atomic mass is 10.0. The van der Waals surface area contributed by atoms with E-state index in [-0.39, 0.29) is 30.6 Å². The lowest BCUT2D eigenvalue weighted by Crippen LogP contribution is -2.55. The lowest BCUT2D eigenvalue weighted by molar-refractivity contribution is -0.140.